The Kier molecular flexibility index (Phi) is 3.15. The molecule has 1 aliphatic heterocycles. The third-order valence-corrected chi connectivity index (χ3v) is 4.16. The third-order valence-electron chi connectivity index (χ3n) is 3.25. The quantitative estimate of drug-likeness (QED) is 0.883. The van der Waals surface area contributed by atoms with Crippen molar-refractivity contribution in [1.29, 1.82) is 0 Å². The molecule has 0 spiro atoms. The summed E-state index contributed by atoms with van der Waals surface area (Å²) >= 11 is 1.61. The number of hydrogen-bond donors (Lipinski definition) is 2. The van der Waals surface area contributed by atoms with Crippen LogP contribution in [0, 0.1) is 0 Å². The van der Waals surface area contributed by atoms with Crippen LogP contribution >= 0.6 is 11.3 Å². The molecule has 0 aromatic carbocycles. The number of aromatic nitrogens is 2. The molecule has 0 saturated carbocycles. The van der Waals surface area contributed by atoms with Crippen molar-refractivity contribution in [3.63, 3.8) is 0 Å². The number of rotatable bonds is 3. The fraction of sp³-hybridized carbons (Fsp3) is 0.500. The lowest BCUT2D eigenvalue weighted by atomic mass is 9.94. The van der Waals surface area contributed by atoms with Crippen molar-refractivity contribution >= 4 is 27.4 Å². The third kappa shape index (κ3) is 2.31. The molecule has 0 unspecified atom stereocenters. The van der Waals surface area contributed by atoms with Crippen LogP contribution in [0.1, 0.15) is 12.8 Å². The zero-order chi connectivity index (χ0) is 12.4. The molecule has 2 aromatic rings. The first-order valence-corrected chi connectivity index (χ1v) is 6.87. The summed E-state index contributed by atoms with van der Waals surface area (Å²) in [5.41, 5.74) is 0.253. The molecule has 6 heteroatoms. The van der Waals surface area contributed by atoms with Crippen molar-refractivity contribution in [2.75, 3.05) is 25.1 Å². The van der Waals surface area contributed by atoms with Gasteiger partial charge in [-0.2, -0.15) is 0 Å². The first-order valence-electron chi connectivity index (χ1n) is 5.99. The molecule has 0 bridgehead atoms. The molecule has 3 heterocycles. The van der Waals surface area contributed by atoms with Gasteiger partial charge in [0.05, 0.1) is 15.8 Å². The van der Waals surface area contributed by atoms with Crippen molar-refractivity contribution in [3.8, 4) is 0 Å². The number of hydrogen-bond acceptors (Lipinski definition) is 6. The van der Waals surface area contributed by atoms with Gasteiger partial charge in [0.2, 0.25) is 0 Å². The van der Waals surface area contributed by atoms with E-state index in [9.17, 15) is 5.11 Å². The van der Waals surface area contributed by atoms with Gasteiger partial charge in [-0.25, -0.2) is 9.97 Å². The van der Waals surface area contributed by atoms with E-state index in [1.807, 2.05) is 11.4 Å². The summed E-state index contributed by atoms with van der Waals surface area (Å²) in [4.78, 5) is 8.43. The van der Waals surface area contributed by atoms with Gasteiger partial charge in [0, 0.05) is 32.6 Å². The monoisotopic (exact) mass is 265 g/mol. The Morgan fingerprint density at radius 1 is 1.39 bits per heavy atom. The van der Waals surface area contributed by atoms with Gasteiger partial charge in [-0.15, -0.1) is 11.3 Å². The summed E-state index contributed by atoms with van der Waals surface area (Å²) < 4.78 is 6.30. The molecule has 0 radical (unpaired) electrons. The minimum Gasteiger partial charge on any atom is -0.388 e. The molecule has 96 valence electrons. The lowest BCUT2D eigenvalue weighted by Gasteiger charge is -2.32. The summed E-state index contributed by atoms with van der Waals surface area (Å²) in [5, 5.41) is 15.6. The maximum absolute atomic E-state index is 10.4. The first-order chi connectivity index (χ1) is 8.77. The lowest BCUT2D eigenvalue weighted by molar-refractivity contribution is -0.0543. The number of nitrogens with one attached hydrogen (secondary N) is 1. The van der Waals surface area contributed by atoms with Crippen LogP contribution in [0.15, 0.2) is 17.8 Å². The highest BCUT2D eigenvalue weighted by atomic mass is 32.1. The number of ether oxygens (including phenoxy) is 1. The highest BCUT2D eigenvalue weighted by molar-refractivity contribution is 7.17. The van der Waals surface area contributed by atoms with Gasteiger partial charge in [-0.1, -0.05) is 0 Å². The van der Waals surface area contributed by atoms with Crippen molar-refractivity contribution in [2.24, 2.45) is 0 Å². The van der Waals surface area contributed by atoms with Crippen molar-refractivity contribution in [2.45, 2.75) is 18.4 Å². The van der Waals surface area contributed by atoms with Crippen molar-refractivity contribution in [1.82, 2.24) is 9.97 Å². The second-order valence-electron chi connectivity index (χ2n) is 4.55. The van der Waals surface area contributed by atoms with Crippen molar-refractivity contribution < 1.29 is 9.84 Å². The Bertz CT molecular complexity index is 537. The Balaban J connectivity index is 1.74. The van der Waals surface area contributed by atoms with E-state index in [0.29, 0.717) is 32.6 Å². The lowest BCUT2D eigenvalue weighted by Crippen LogP contribution is -2.42. The fourth-order valence-electron chi connectivity index (χ4n) is 2.09. The number of fused-ring (bicyclic) bond motifs is 1. The largest absolute Gasteiger partial charge is 0.388 e. The normalized spacial score (nSPS) is 18.9. The SMILES string of the molecule is OC1(CNc2ncnc3ccsc23)CCOCC1. The number of nitrogens with zero attached hydrogens (tertiary/aromatic N) is 2. The summed E-state index contributed by atoms with van der Waals surface area (Å²) in [6, 6.07) is 1.97. The van der Waals surface area contributed by atoms with Gasteiger partial charge in [0.25, 0.3) is 0 Å². The number of thiophene rings is 1. The standard InChI is InChI=1S/C12H15N3O2S/c16-12(2-4-17-5-3-12)7-13-11-10-9(1-6-18-10)14-8-15-11/h1,6,8,16H,2-5,7H2,(H,13,14,15). The minimum absolute atomic E-state index is 0.500. The van der Waals surface area contributed by atoms with Gasteiger partial charge >= 0.3 is 0 Å². The van der Waals surface area contributed by atoms with Crippen LogP contribution in [0.5, 0.6) is 0 Å². The molecular formula is C12H15N3O2S. The van der Waals surface area contributed by atoms with E-state index in [2.05, 4.69) is 15.3 Å². The molecular weight excluding hydrogens is 250 g/mol. The molecule has 1 saturated heterocycles. The summed E-state index contributed by atoms with van der Waals surface area (Å²) in [5.74, 6) is 0.801. The summed E-state index contributed by atoms with van der Waals surface area (Å²) in [6.45, 7) is 1.74. The minimum atomic E-state index is -0.688. The molecule has 0 amide bonds. The molecule has 1 fully saturated rings. The number of aliphatic hydroxyl groups is 1. The molecule has 0 atom stereocenters. The van der Waals surface area contributed by atoms with E-state index in [0.717, 1.165) is 16.0 Å². The highest BCUT2D eigenvalue weighted by Gasteiger charge is 2.29. The zero-order valence-electron chi connectivity index (χ0n) is 9.93. The first kappa shape index (κ1) is 11.8. The van der Waals surface area contributed by atoms with Crippen LogP contribution in [-0.2, 0) is 4.74 Å². The molecule has 5 nitrogen and oxygen atoms in total. The van der Waals surface area contributed by atoms with Crippen LogP contribution in [-0.4, -0.2) is 40.4 Å². The molecule has 3 rings (SSSR count). The predicted molar refractivity (Wildman–Crippen MR) is 70.9 cm³/mol. The maximum atomic E-state index is 10.4. The van der Waals surface area contributed by atoms with E-state index in [-0.39, 0.29) is 0 Å². The van der Waals surface area contributed by atoms with Crippen LogP contribution in [0.4, 0.5) is 5.82 Å². The van der Waals surface area contributed by atoms with Gasteiger partial charge < -0.3 is 15.2 Å². The average molecular weight is 265 g/mol. The Labute approximate surface area is 109 Å². The number of anilines is 1. The Hall–Kier alpha value is -1.24. The van der Waals surface area contributed by atoms with E-state index < -0.39 is 5.60 Å². The van der Waals surface area contributed by atoms with Crippen LogP contribution in [0.3, 0.4) is 0 Å². The highest BCUT2D eigenvalue weighted by Crippen LogP contribution is 2.26. The molecule has 2 N–H and O–H groups in total. The second-order valence-corrected chi connectivity index (χ2v) is 5.46. The van der Waals surface area contributed by atoms with Gasteiger partial charge in [0.1, 0.15) is 12.1 Å². The topological polar surface area (TPSA) is 67.3 Å². The Morgan fingerprint density at radius 3 is 3.06 bits per heavy atom. The van der Waals surface area contributed by atoms with Gasteiger partial charge in [-0.3, -0.25) is 0 Å². The van der Waals surface area contributed by atoms with E-state index >= 15 is 0 Å². The predicted octanol–water partition coefficient (Wildman–Crippen LogP) is 1.64. The fourth-order valence-corrected chi connectivity index (χ4v) is 2.90. The van der Waals surface area contributed by atoms with Gasteiger partial charge in [0.15, 0.2) is 0 Å². The van der Waals surface area contributed by atoms with Gasteiger partial charge in [-0.05, 0) is 11.4 Å². The molecule has 1 aliphatic rings. The molecule has 0 aliphatic carbocycles. The van der Waals surface area contributed by atoms with Crippen LogP contribution < -0.4 is 5.32 Å². The molecule has 2 aromatic heterocycles. The smallest absolute Gasteiger partial charge is 0.147 e. The van der Waals surface area contributed by atoms with Crippen molar-refractivity contribution in [3.05, 3.63) is 17.8 Å². The molecule has 18 heavy (non-hydrogen) atoms. The average Bonchev–Trinajstić information content (AvgIpc) is 2.86. The maximum Gasteiger partial charge on any atom is 0.147 e. The van der Waals surface area contributed by atoms with Crippen LogP contribution in [0.25, 0.3) is 10.2 Å². The second kappa shape index (κ2) is 4.79. The summed E-state index contributed by atoms with van der Waals surface area (Å²) in [7, 11) is 0. The van der Waals surface area contributed by atoms with E-state index in [1.54, 1.807) is 17.7 Å². The van der Waals surface area contributed by atoms with E-state index in [4.69, 9.17) is 4.74 Å². The summed E-state index contributed by atoms with van der Waals surface area (Å²) in [6.07, 6.45) is 2.88. The van der Waals surface area contributed by atoms with Crippen LogP contribution in [0.2, 0.25) is 0 Å². The van der Waals surface area contributed by atoms with E-state index in [1.165, 1.54) is 0 Å². The zero-order valence-corrected chi connectivity index (χ0v) is 10.7. The Morgan fingerprint density at radius 2 is 2.22 bits per heavy atom.